The number of nitrogens with two attached hydrogens (primary N) is 1. The predicted molar refractivity (Wildman–Crippen MR) is 84.8 cm³/mol. The summed E-state index contributed by atoms with van der Waals surface area (Å²) in [5, 5.41) is 3.24. The van der Waals surface area contributed by atoms with Crippen molar-refractivity contribution in [1.82, 2.24) is 10.2 Å². The number of rotatable bonds is 8. The maximum absolute atomic E-state index is 11.6. The van der Waals surface area contributed by atoms with Gasteiger partial charge in [0.05, 0.1) is 17.0 Å². The van der Waals surface area contributed by atoms with Crippen LogP contribution in [-0.4, -0.2) is 61.9 Å². The van der Waals surface area contributed by atoms with E-state index in [1.807, 2.05) is 20.8 Å². The fraction of sp³-hybridized carbons (Fsp3) is 0.929. The first-order valence-corrected chi connectivity index (χ1v) is 9.47. The lowest BCUT2D eigenvalue weighted by Crippen LogP contribution is -2.55. The van der Waals surface area contributed by atoms with Crippen molar-refractivity contribution in [3.8, 4) is 0 Å². The van der Waals surface area contributed by atoms with E-state index in [9.17, 15) is 13.2 Å². The van der Waals surface area contributed by atoms with Crippen molar-refractivity contribution < 1.29 is 13.2 Å². The maximum atomic E-state index is 11.6. The maximum Gasteiger partial charge on any atom is 0.237 e. The Morgan fingerprint density at radius 2 is 1.86 bits per heavy atom. The van der Waals surface area contributed by atoms with Gasteiger partial charge in [-0.2, -0.15) is 0 Å². The van der Waals surface area contributed by atoms with E-state index in [2.05, 4.69) is 10.2 Å². The first kappa shape index (κ1) is 18.4. The van der Waals surface area contributed by atoms with Gasteiger partial charge in [0, 0.05) is 19.1 Å². The van der Waals surface area contributed by atoms with Crippen LogP contribution in [-0.2, 0) is 14.6 Å². The molecule has 1 unspecified atom stereocenters. The van der Waals surface area contributed by atoms with Crippen molar-refractivity contribution in [2.45, 2.75) is 51.6 Å². The van der Waals surface area contributed by atoms with E-state index in [4.69, 9.17) is 5.73 Å². The Kier molecular flexibility index (Phi) is 6.62. The van der Waals surface area contributed by atoms with E-state index < -0.39 is 15.4 Å². The first-order valence-electron chi connectivity index (χ1n) is 7.65. The molecule has 21 heavy (non-hydrogen) atoms. The van der Waals surface area contributed by atoms with Crippen LogP contribution < -0.4 is 11.1 Å². The Balaban J connectivity index is 2.31. The highest BCUT2D eigenvalue weighted by Crippen LogP contribution is 2.15. The normalized spacial score (nSPS) is 22.1. The Hall–Kier alpha value is -0.660. The third-order valence-corrected chi connectivity index (χ3v) is 5.60. The van der Waals surface area contributed by atoms with Gasteiger partial charge >= 0.3 is 0 Å². The molecule has 0 aromatic rings. The van der Waals surface area contributed by atoms with Crippen LogP contribution in [0.5, 0.6) is 0 Å². The molecule has 1 aliphatic rings. The molecule has 6 nitrogen and oxygen atoms in total. The summed E-state index contributed by atoms with van der Waals surface area (Å²) in [6, 6.07) is 0.204. The number of nitrogens with one attached hydrogen (secondary N) is 1. The number of nitrogens with zero attached hydrogens (tertiary/aromatic N) is 1. The molecule has 1 saturated heterocycles. The standard InChI is InChI=1S/C14H29N3O3S/c1-12(2)16-14(3,13(15)18)6-4-5-7-17-8-10-21(19,20)11-9-17/h12,16H,4-11H2,1-3H3,(H2,15,18). The first-order chi connectivity index (χ1) is 9.65. The highest BCUT2D eigenvalue weighted by atomic mass is 32.2. The van der Waals surface area contributed by atoms with Gasteiger partial charge in [0.1, 0.15) is 0 Å². The second-order valence-electron chi connectivity index (χ2n) is 6.45. The van der Waals surface area contributed by atoms with Gasteiger partial charge in [-0.15, -0.1) is 0 Å². The van der Waals surface area contributed by atoms with Gasteiger partial charge in [0.25, 0.3) is 0 Å². The molecular formula is C14H29N3O3S. The van der Waals surface area contributed by atoms with Gasteiger partial charge in [-0.25, -0.2) is 8.42 Å². The van der Waals surface area contributed by atoms with Crippen LogP contribution in [0.2, 0.25) is 0 Å². The zero-order valence-corrected chi connectivity index (χ0v) is 14.2. The molecule has 1 aliphatic heterocycles. The van der Waals surface area contributed by atoms with Gasteiger partial charge < -0.3 is 16.0 Å². The minimum Gasteiger partial charge on any atom is -0.368 e. The average Bonchev–Trinajstić information content (AvgIpc) is 2.35. The minimum atomic E-state index is -2.81. The highest BCUT2D eigenvalue weighted by Gasteiger charge is 2.30. The minimum absolute atomic E-state index is 0.204. The van der Waals surface area contributed by atoms with E-state index in [-0.39, 0.29) is 23.5 Å². The molecule has 0 aliphatic carbocycles. The van der Waals surface area contributed by atoms with Crippen LogP contribution in [0.15, 0.2) is 0 Å². The summed E-state index contributed by atoms with van der Waals surface area (Å²) in [6.45, 7) is 7.97. The van der Waals surface area contributed by atoms with Gasteiger partial charge in [0.2, 0.25) is 5.91 Å². The van der Waals surface area contributed by atoms with Crippen molar-refractivity contribution in [2.24, 2.45) is 5.73 Å². The summed E-state index contributed by atoms with van der Waals surface area (Å²) in [5.41, 5.74) is 4.83. The van der Waals surface area contributed by atoms with Crippen molar-refractivity contribution in [1.29, 1.82) is 0 Å². The van der Waals surface area contributed by atoms with Crippen LogP contribution in [0.4, 0.5) is 0 Å². The average molecular weight is 319 g/mol. The van der Waals surface area contributed by atoms with Crippen LogP contribution in [0, 0.1) is 0 Å². The molecule has 1 atom stereocenters. The van der Waals surface area contributed by atoms with Gasteiger partial charge in [-0.1, -0.05) is 0 Å². The second-order valence-corrected chi connectivity index (χ2v) is 8.75. The van der Waals surface area contributed by atoms with Crippen molar-refractivity contribution >= 4 is 15.7 Å². The van der Waals surface area contributed by atoms with E-state index in [1.54, 1.807) is 0 Å². The molecule has 3 N–H and O–H groups in total. The largest absolute Gasteiger partial charge is 0.368 e. The Morgan fingerprint density at radius 3 is 2.33 bits per heavy atom. The fourth-order valence-electron chi connectivity index (χ4n) is 2.69. The van der Waals surface area contributed by atoms with Crippen LogP contribution in [0.25, 0.3) is 0 Å². The number of unbranched alkanes of at least 4 members (excludes halogenated alkanes) is 1. The zero-order chi connectivity index (χ0) is 16.1. The molecule has 1 rings (SSSR count). The molecule has 0 aromatic heterocycles. The summed E-state index contributed by atoms with van der Waals surface area (Å²) in [7, 11) is -2.81. The van der Waals surface area contributed by atoms with E-state index >= 15 is 0 Å². The SMILES string of the molecule is CC(C)NC(C)(CCCCN1CCS(=O)(=O)CC1)C(N)=O. The molecule has 0 saturated carbocycles. The molecule has 1 amide bonds. The van der Waals surface area contributed by atoms with E-state index in [0.29, 0.717) is 19.5 Å². The number of primary amides is 1. The molecule has 124 valence electrons. The number of carbonyl (C=O) groups excluding carboxylic acids is 1. The van der Waals surface area contributed by atoms with Gasteiger partial charge in [-0.05, 0) is 46.6 Å². The zero-order valence-electron chi connectivity index (χ0n) is 13.4. The Labute approximate surface area is 128 Å². The molecule has 1 fully saturated rings. The summed E-state index contributed by atoms with van der Waals surface area (Å²) in [6.07, 6.45) is 2.54. The Bertz CT molecular complexity index is 436. The van der Waals surface area contributed by atoms with Gasteiger partial charge in [0.15, 0.2) is 9.84 Å². The smallest absolute Gasteiger partial charge is 0.237 e. The van der Waals surface area contributed by atoms with Crippen molar-refractivity contribution in [3.63, 3.8) is 0 Å². The van der Waals surface area contributed by atoms with Crippen LogP contribution in [0.3, 0.4) is 0 Å². The lowest BCUT2D eigenvalue weighted by molar-refractivity contribution is -0.124. The molecule has 0 bridgehead atoms. The quantitative estimate of drug-likeness (QED) is 0.620. The lowest BCUT2D eigenvalue weighted by Gasteiger charge is -2.31. The topological polar surface area (TPSA) is 92.5 Å². The molecule has 0 aromatic carbocycles. The van der Waals surface area contributed by atoms with E-state index in [1.165, 1.54) is 0 Å². The van der Waals surface area contributed by atoms with Crippen LogP contribution >= 0.6 is 0 Å². The lowest BCUT2D eigenvalue weighted by atomic mass is 9.93. The van der Waals surface area contributed by atoms with Crippen molar-refractivity contribution in [2.75, 3.05) is 31.1 Å². The van der Waals surface area contributed by atoms with Gasteiger partial charge in [-0.3, -0.25) is 4.79 Å². The van der Waals surface area contributed by atoms with Crippen LogP contribution in [0.1, 0.15) is 40.0 Å². The number of sulfone groups is 1. The summed E-state index contributed by atoms with van der Waals surface area (Å²) >= 11 is 0. The van der Waals surface area contributed by atoms with E-state index in [0.717, 1.165) is 19.4 Å². The summed E-state index contributed by atoms with van der Waals surface area (Å²) in [4.78, 5) is 13.8. The predicted octanol–water partition coefficient (Wildman–Crippen LogP) is 0.129. The highest BCUT2D eigenvalue weighted by molar-refractivity contribution is 7.91. The molecule has 0 spiro atoms. The second kappa shape index (κ2) is 7.56. The molecular weight excluding hydrogens is 290 g/mol. The number of amides is 1. The number of hydrogen-bond donors (Lipinski definition) is 2. The summed E-state index contributed by atoms with van der Waals surface area (Å²) in [5.74, 6) is 0.210. The number of hydrogen-bond acceptors (Lipinski definition) is 5. The third-order valence-electron chi connectivity index (χ3n) is 3.99. The molecule has 7 heteroatoms. The third kappa shape index (κ3) is 6.32. The monoisotopic (exact) mass is 319 g/mol. The fourth-order valence-corrected chi connectivity index (χ4v) is 3.97. The molecule has 0 radical (unpaired) electrons. The Morgan fingerprint density at radius 1 is 1.29 bits per heavy atom. The summed E-state index contributed by atoms with van der Waals surface area (Å²) < 4.78 is 22.7. The number of carbonyl (C=O) groups is 1. The van der Waals surface area contributed by atoms with Crippen molar-refractivity contribution in [3.05, 3.63) is 0 Å². The molecule has 1 heterocycles.